The van der Waals surface area contributed by atoms with Gasteiger partial charge in [-0.2, -0.15) is 0 Å². The highest BCUT2D eigenvalue weighted by atomic mass is 16.6. The molecule has 52 heavy (non-hydrogen) atoms. The molecule has 302 valence electrons. The molecule has 1 aliphatic rings. The number of hydrogen-bond acceptors (Lipinski definition) is 10. The third kappa shape index (κ3) is 25.9. The lowest BCUT2D eigenvalue weighted by atomic mass is 10.1. The maximum Gasteiger partial charge on any atom is 0.329 e. The summed E-state index contributed by atoms with van der Waals surface area (Å²) in [5.74, 6) is -1.80. The molecule has 13 heteroatoms. The van der Waals surface area contributed by atoms with Crippen molar-refractivity contribution in [3.05, 3.63) is 0 Å². The smallest absolute Gasteiger partial charge is 0.329 e. The van der Waals surface area contributed by atoms with Crippen LogP contribution in [0.15, 0.2) is 0 Å². The molecular weight excluding hydrogens is 666 g/mol. The summed E-state index contributed by atoms with van der Waals surface area (Å²) >= 11 is 0. The van der Waals surface area contributed by atoms with Crippen molar-refractivity contribution < 1.29 is 38.2 Å². The summed E-state index contributed by atoms with van der Waals surface area (Å²) in [5.41, 5.74) is -2.30. The van der Waals surface area contributed by atoms with Crippen LogP contribution in [0.1, 0.15) is 152 Å². The summed E-state index contributed by atoms with van der Waals surface area (Å²) in [4.78, 5) is 66.4. The van der Waals surface area contributed by atoms with Crippen LogP contribution in [0.5, 0.6) is 0 Å². The number of unbranched alkanes of at least 4 members (excludes halogenated alkanes) is 8. The van der Waals surface area contributed by atoms with Gasteiger partial charge in [-0.05, 0) is 107 Å². The zero-order valence-corrected chi connectivity index (χ0v) is 34.0. The van der Waals surface area contributed by atoms with Gasteiger partial charge in [-0.1, -0.05) is 38.5 Å². The van der Waals surface area contributed by atoms with Crippen molar-refractivity contribution >= 4 is 29.8 Å². The van der Waals surface area contributed by atoms with Crippen LogP contribution in [-0.4, -0.2) is 103 Å². The van der Waals surface area contributed by atoms with Crippen molar-refractivity contribution in [3.63, 3.8) is 0 Å². The highest BCUT2D eigenvalue weighted by Gasteiger charge is 2.31. The second kappa shape index (κ2) is 24.4. The second-order valence-corrected chi connectivity index (χ2v) is 16.9. The van der Waals surface area contributed by atoms with Gasteiger partial charge in [0.15, 0.2) is 0 Å². The molecule has 4 N–H and O–H groups in total. The first kappa shape index (κ1) is 47.1. The molecule has 1 saturated heterocycles. The molecule has 1 aliphatic heterocycles. The van der Waals surface area contributed by atoms with Crippen LogP contribution in [0, 0.1) is 0 Å². The van der Waals surface area contributed by atoms with E-state index in [9.17, 15) is 24.0 Å². The van der Waals surface area contributed by atoms with Gasteiger partial charge in [0.2, 0.25) is 5.91 Å². The lowest BCUT2D eigenvalue weighted by molar-refractivity contribution is -0.159. The van der Waals surface area contributed by atoms with Gasteiger partial charge in [-0.3, -0.25) is 9.59 Å². The fourth-order valence-electron chi connectivity index (χ4n) is 5.66. The van der Waals surface area contributed by atoms with E-state index in [4.69, 9.17) is 14.2 Å². The summed E-state index contributed by atoms with van der Waals surface area (Å²) < 4.78 is 16.4. The number of rotatable bonds is 23. The first-order chi connectivity index (χ1) is 24.2. The number of nitrogens with zero attached hydrogens (tertiary/aromatic N) is 1. The molecule has 0 aliphatic carbocycles. The molecule has 1 rings (SSSR count). The predicted octanol–water partition coefficient (Wildman–Crippen LogP) is 5.53. The number of carbonyl (C=O) groups is 5. The van der Waals surface area contributed by atoms with Gasteiger partial charge in [-0.25, -0.2) is 14.4 Å². The van der Waals surface area contributed by atoms with E-state index in [-0.39, 0.29) is 25.2 Å². The number of hydrogen-bond donors (Lipinski definition) is 4. The summed E-state index contributed by atoms with van der Waals surface area (Å²) in [6.45, 7) is 21.8. The topological polar surface area (TPSA) is 164 Å². The average Bonchev–Trinajstić information content (AvgIpc) is 3.01. The molecule has 0 spiro atoms. The minimum atomic E-state index is -1.15. The molecule has 0 aromatic carbocycles. The Hall–Kier alpha value is -2.93. The summed E-state index contributed by atoms with van der Waals surface area (Å²) in [7, 11) is 0. The monoisotopic (exact) mass is 740 g/mol. The van der Waals surface area contributed by atoms with Gasteiger partial charge in [0.1, 0.15) is 28.9 Å². The molecule has 2 unspecified atom stereocenters. The Labute approximate surface area is 314 Å². The van der Waals surface area contributed by atoms with E-state index in [0.29, 0.717) is 25.8 Å². The van der Waals surface area contributed by atoms with Gasteiger partial charge in [0.25, 0.3) is 0 Å². The molecule has 2 atom stereocenters. The lowest BCUT2D eigenvalue weighted by Gasteiger charge is -2.27. The maximum absolute atomic E-state index is 13.1. The second-order valence-electron chi connectivity index (χ2n) is 16.9. The number of nitrogens with one attached hydrogen (secondary N) is 4. The van der Waals surface area contributed by atoms with E-state index >= 15 is 0 Å². The van der Waals surface area contributed by atoms with Gasteiger partial charge < -0.3 is 40.4 Å². The number of esters is 3. The number of amides is 3. The van der Waals surface area contributed by atoms with E-state index in [1.54, 1.807) is 62.3 Å². The van der Waals surface area contributed by atoms with Gasteiger partial charge >= 0.3 is 23.9 Å². The fourth-order valence-corrected chi connectivity index (χ4v) is 5.66. The molecule has 0 saturated carbocycles. The summed E-state index contributed by atoms with van der Waals surface area (Å²) in [5, 5.41) is 11.6. The number of carbonyl (C=O) groups excluding carboxylic acids is 5. The van der Waals surface area contributed by atoms with E-state index in [0.717, 1.165) is 32.4 Å². The van der Waals surface area contributed by atoms with Gasteiger partial charge in [-0.15, -0.1) is 0 Å². The van der Waals surface area contributed by atoms with Crippen molar-refractivity contribution in [2.24, 2.45) is 0 Å². The van der Waals surface area contributed by atoms with Crippen LogP contribution >= 0.6 is 0 Å². The normalized spacial score (nSPS) is 15.2. The van der Waals surface area contributed by atoms with Crippen molar-refractivity contribution in [2.45, 2.75) is 181 Å². The first-order valence-electron chi connectivity index (χ1n) is 19.7. The Morgan fingerprint density at radius 3 is 1.60 bits per heavy atom. The maximum atomic E-state index is 13.1. The van der Waals surface area contributed by atoms with E-state index in [1.807, 2.05) is 0 Å². The quantitative estimate of drug-likeness (QED) is 0.0595. The Bertz CT molecular complexity index is 1070. The Kier molecular flexibility index (Phi) is 22.1. The predicted molar refractivity (Wildman–Crippen MR) is 204 cm³/mol. The summed E-state index contributed by atoms with van der Waals surface area (Å²) in [6, 6.07) is -2.92. The van der Waals surface area contributed by atoms with E-state index < -0.39 is 52.8 Å². The zero-order valence-electron chi connectivity index (χ0n) is 34.0. The molecule has 0 bridgehead atoms. The van der Waals surface area contributed by atoms with Crippen molar-refractivity contribution in [1.29, 1.82) is 0 Å². The number of urea groups is 1. The van der Waals surface area contributed by atoms with Crippen LogP contribution in [0.25, 0.3) is 0 Å². The largest absolute Gasteiger partial charge is 0.460 e. The molecule has 1 fully saturated rings. The highest BCUT2D eigenvalue weighted by molar-refractivity contribution is 5.87. The molecular formula is C39H73N5O8. The highest BCUT2D eigenvalue weighted by Crippen LogP contribution is 2.15. The molecule has 0 radical (unpaired) electrons. The van der Waals surface area contributed by atoms with Crippen molar-refractivity contribution in [1.82, 2.24) is 26.2 Å². The van der Waals surface area contributed by atoms with Crippen LogP contribution < -0.4 is 21.3 Å². The van der Waals surface area contributed by atoms with Crippen LogP contribution in [0.4, 0.5) is 4.79 Å². The third-order valence-electron chi connectivity index (χ3n) is 8.13. The third-order valence-corrected chi connectivity index (χ3v) is 8.13. The minimum Gasteiger partial charge on any atom is -0.460 e. The molecule has 1 heterocycles. The van der Waals surface area contributed by atoms with E-state index in [1.165, 1.54) is 51.7 Å². The standard InChI is InChI=1S/C39H73N5O8/c1-37(2,3)50-33(46)23-22-31(35(48)52-39(7,8)9)43-36(49)42-30(34(47)51-38(4,5)6)20-17-18-24-41-32(45)21-16-14-12-10-11-13-15-19-27-44-28-25-40-26-29-44/h30-31,40H,10-29H2,1-9H3,(H,41,45)(H2,42,43,49). The SMILES string of the molecule is CC(C)(C)OC(=O)CCC(NC(=O)NC(CCCCNC(=O)CCCCCCCCCCN1CCNCC1)C(=O)OC(C)(C)C)C(=O)OC(C)(C)C. The first-order valence-corrected chi connectivity index (χ1v) is 19.7. The Morgan fingerprint density at radius 2 is 1.08 bits per heavy atom. The Balaban J connectivity index is 2.46. The van der Waals surface area contributed by atoms with Crippen LogP contribution in [-0.2, 0) is 33.4 Å². The summed E-state index contributed by atoms with van der Waals surface area (Å²) in [6.07, 6.45) is 11.1. The van der Waals surface area contributed by atoms with Crippen molar-refractivity contribution in [2.75, 3.05) is 39.3 Å². The molecule has 13 nitrogen and oxygen atoms in total. The molecule has 0 aromatic rings. The lowest BCUT2D eigenvalue weighted by Crippen LogP contribution is -2.53. The fraction of sp³-hybridized carbons (Fsp3) is 0.872. The average molecular weight is 740 g/mol. The van der Waals surface area contributed by atoms with E-state index in [2.05, 4.69) is 26.2 Å². The number of ether oxygens (including phenoxy) is 3. The van der Waals surface area contributed by atoms with Gasteiger partial charge in [0, 0.05) is 45.6 Å². The molecule has 3 amide bonds. The van der Waals surface area contributed by atoms with Gasteiger partial charge in [0.05, 0.1) is 0 Å². The Morgan fingerprint density at radius 1 is 0.596 bits per heavy atom. The van der Waals surface area contributed by atoms with Crippen molar-refractivity contribution in [3.8, 4) is 0 Å². The zero-order chi connectivity index (χ0) is 39.2. The van der Waals surface area contributed by atoms with Crippen LogP contribution in [0.2, 0.25) is 0 Å². The molecule has 0 aromatic heterocycles. The van der Waals surface area contributed by atoms with Crippen LogP contribution in [0.3, 0.4) is 0 Å². The number of piperazine rings is 1. The minimum absolute atomic E-state index is 0.0219.